The van der Waals surface area contributed by atoms with E-state index < -0.39 is 5.82 Å². The maximum atomic E-state index is 13.4. The normalized spacial score (nSPS) is 10.3. The topological polar surface area (TPSA) is 26.3 Å². The summed E-state index contributed by atoms with van der Waals surface area (Å²) in [5.41, 5.74) is 0.419. The van der Waals surface area contributed by atoms with Crippen molar-refractivity contribution in [3.8, 4) is 5.75 Å². The lowest BCUT2D eigenvalue weighted by Crippen LogP contribution is -2.00. The second-order valence-corrected chi connectivity index (χ2v) is 4.57. The Morgan fingerprint density at radius 2 is 2.12 bits per heavy atom. The first-order valence-corrected chi connectivity index (χ1v) is 6.74. The zero-order chi connectivity index (χ0) is 12.7. The van der Waals surface area contributed by atoms with E-state index in [1.165, 1.54) is 19.2 Å². The van der Waals surface area contributed by atoms with E-state index in [4.69, 9.17) is 4.74 Å². The largest absolute Gasteiger partial charge is 0.494 e. The van der Waals surface area contributed by atoms with Crippen molar-refractivity contribution in [2.24, 2.45) is 0 Å². The number of hydrogen-bond donors (Lipinski definition) is 0. The molecule has 17 heavy (non-hydrogen) atoms. The molecule has 1 aromatic carbocycles. The monoisotopic (exact) mass is 302 g/mol. The van der Waals surface area contributed by atoms with Crippen LogP contribution < -0.4 is 4.74 Å². The average molecular weight is 303 g/mol. The predicted octanol–water partition coefficient (Wildman–Crippen LogP) is 3.97. The fourth-order valence-corrected chi connectivity index (χ4v) is 1.94. The molecule has 94 valence electrons. The molecule has 0 amide bonds. The number of Topliss-reactive ketones (excluding diaryl/α,β-unsaturated/α-hetero) is 1. The van der Waals surface area contributed by atoms with Gasteiger partial charge in [0.25, 0.3) is 0 Å². The van der Waals surface area contributed by atoms with Crippen LogP contribution in [0.2, 0.25) is 0 Å². The summed E-state index contributed by atoms with van der Waals surface area (Å²) in [7, 11) is 1.40. The van der Waals surface area contributed by atoms with Gasteiger partial charge in [0.2, 0.25) is 0 Å². The molecule has 1 rings (SSSR count). The third kappa shape index (κ3) is 4.46. The van der Waals surface area contributed by atoms with Gasteiger partial charge in [-0.3, -0.25) is 4.79 Å². The summed E-state index contributed by atoms with van der Waals surface area (Å²) in [5.74, 6) is -0.333. The highest BCUT2D eigenvalue weighted by molar-refractivity contribution is 9.09. The van der Waals surface area contributed by atoms with Gasteiger partial charge in [0, 0.05) is 17.3 Å². The van der Waals surface area contributed by atoms with Crippen LogP contribution in [0.4, 0.5) is 4.39 Å². The number of carbonyl (C=O) groups is 1. The second-order valence-electron chi connectivity index (χ2n) is 3.77. The van der Waals surface area contributed by atoms with E-state index in [0.717, 1.165) is 24.6 Å². The molecular formula is C13H16BrFO2. The van der Waals surface area contributed by atoms with Crippen molar-refractivity contribution in [2.45, 2.75) is 25.7 Å². The van der Waals surface area contributed by atoms with Crippen LogP contribution in [0.25, 0.3) is 0 Å². The molecule has 0 atom stereocenters. The van der Waals surface area contributed by atoms with E-state index in [1.807, 2.05) is 0 Å². The highest BCUT2D eigenvalue weighted by Crippen LogP contribution is 2.19. The number of hydrogen-bond acceptors (Lipinski definition) is 2. The van der Waals surface area contributed by atoms with Crippen molar-refractivity contribution in [3.05, 3.63) is 29.6 Å². The Morgan fingerprint density at radius 1 is 1.35 bits per heavy atom. The first-order valence-electron chi connectivity index (χ1n) is 5.61. The van der Waals surface area contributed by atoms with Crippen molar-refractivity contribution >= 4 is 21.7 Å². The molecule has 0 heterocycles. The fraction of sp³-hybridized carbons (Fsp3) is 0.462. The van der Waals surface area contributed by atoms with Crippen LogP contribution in [0, 0.1) is 5.82 Å². The number of ketones is 1. The second kappa shape index (κ2) is 7.43. The van der Waals surface area contributed by atoms with E-state index >= 15 is 0 Å². The van der Waals surface area contributed by atoms with E-state index in [-0.39, 0.29) is 11.5 Å². The molecule has 4 heteroatoms. The van der Waals surface area contributed by atoms with Gasteiger partial charge in [-0.05, 0) is 31.0 Å². The zero-order valence-electron chi connectivity index (χ0n) is 9.84. The highest BCUT2D eigenvalue weighted by atomic mass is 79.9. The third-order valence-electron chi connectivity index (χ3n) is 2.51. The van der Waals surface area contributed by atoms with Gasteiger partial charge >= 0.3 is 0 Å². The van der Waals surface area contributed by atoms with E-state index in [1.54, 1.807) is 6.07 Å². The van der Waals surface area contributed by atoms with Crippen LogP contribution >= 0.6 is 15.9 Å². The van der Waals surface area contributed by atoms with Gasteiger partial charge in [-0.15, -0.1) is 0 Å². The molecular weight excluding hydrogens is 287 g/mol. The average Bonchev–Trinajstić information content (AvgIpc) is 2.34. The Balaban J connectivity index is 2.54. The maximum absolute atomic E-state index is 13.4. The summed E-state index contributed by atoms with van der Waals surface area (Å²) in [6.07, 6.45) is 3.39. The summed E-state index contributed by atoms with van der Waals surface area (Å²) in [6.45, 7) is 0. The van der Waals surface area contributed by atoms with Gasteiger partial charge in [0.15, 0.2) is 17.3 Å². The molecule has 0 aliphatic rings. The lowest BCUT2D eigenvalue weighted by Gasteiger charge is -2.04. The summed E-state index contributed by atoms with van der Waals surface area (Å²) < 4.78 is 18.2. The smallest absolute Gasteiger partial charge is 0.165 e. The number of carbonyl (C=O) groups excluding carboxylic acids is 1. The molecule has 0 radical (unpaired) electrons. The Kier molecular flexibility index (Phi) is 6.19. The SMILES string of the molecule is COc1ccc(C(=O)CCCCCBr)cc1F. The van der Waals surface area contributed by atoms with Gasteiger partial charge in [-0.25, -0.2) is 4.39 Å². The van der Waals surface area contributed by atoms with Crippen molar-refractivity contribution in [3.63, 3.8) is 0 Å². The lowest BCUT2D eigenvalue weighted by atomic mass is 10.0. The van der Waals surface area contributed by atoms with Crippen LogP contribution in [0.5, 0.6) is 5.75 Å². The van der Waals surface area contributed by atoms with Crippen LogP contribution in [0.3, 0.4) is 0 Å². The quantitative estimate of drug-likeness (QED) is 0.433. The molecule has 0 unspecified atom stereocenters. The number of methoxy groups -OCH3 is 1. The molecule has 0 bridgehead atoms. The van der Waals surface area contributed by atoms with Crippen molar-refractivity contribution in [1.29, 1.82) is 0 Å². The molecule has 0 spiro atoms. The molecule has 0 saturated heterocycles. The molecule has 0 fully saturated rings. The Hall–Kier alpha value is -0.900. The van der Waals surface area contributed by atoms with Crippen molar-refractivity contribution in [1.82, 2.24) is 0 Å². The summed E-state index contributed by atoms with van der Waals surface area (Å²) >= 11 is 3.34. The van der Waals surface area contributed by atoms with Crippen LogP contribution in [-0.2, 0) is 0 Å². The number of alkyl halides is 1. The van der Waals surface area contributed by atoms with E-state index in [9.17, 15) is 9.18 Å². The van der Waals surface area contributed by atoms with Gasteiger partial charge in [0.05, 0.1) is 7.11 Å². The summed E-state index contributed by atoms with van der Waals surface area (Å²) in [6, 6.07) is 4.33. The summed E-state index contributed by atoms with van der Waals surface area (Å²) in [5, 5.41) is 0.957. The maximum Gasteiger partial charge on any atom is 0.165 e. The zero-order valence-corrected chi connectivity index (χ0v) is 11.4. The first-order chi connectivity index (χ1) is 8.19. The molecule has 0 N–H and O–H groups in total. The number of benzene rings is 1. The standard InChI is InChI=1S/C13H16BrFO2/c1-17-13-7-6-10(9-11(13)15)12(16)5-3-2-4-8-14/h6-7,9H,2-5,8H2,1H3. The number of ether oxygens (including phenoxy) is 1. The van der Waals surface area contributed by atoms with E-state index in [2.05, 4.69) is 15.9 Å². The minimum atomic E-state index is -0.487. The van der Waals surface area contributed by atoms with Gasteiger partial charge in [-0.1, -0.05) is 22.4 Å². The molecule has 0 saturated carbocycles. The van der Waals surface area contributed by atoms with E-state index in [0.29, 0.717) is 12.0 Å². The first kappa shape index (κ1) is 14.2. The third-order valence-corrected chi connectivity index (χ3v) is 3.07. The molecule has 0 aliphatic heterocycles. The Labute approximate surface area is 109 Å². The van der Waals surface area contributed by atoms with Crippen LogP contribution in [0.15, 0.2) is 18.2 Å². The molecule has 0 aliphatic carbocycles. The molecule has 0 aromatic heterocycles. The minimum Gasteiger partial charge on any atom is -0.494 e. The van der Waals surface area contributed by atoms with Crippen LogP contribution in [0.1, 0.15) is 36.0 Å². The number of rotatable bonds is 7. The van der Waals surface area contributed by atoms with Crippen molar-refractivity contribution in [2.75, 3.05) is 12.4 Å². The van der Waals surface area contributed by atoms with Gasteiger partial charge in [-0.2, -0.15) is 0 Å². The minimum absolute atomic E-state index is 0.0128. The molecule has 2 nitrogen and oxygen atoms in total. The predicted molar refractivity (Wildman–Crippen MR) is 69.5 cm³/mol. The Bertz CT molecular complexity index is 380. The van der Waals surface area contributed by atoms with Crippen molar-refractivity contribution < 1.29 is 13.9 Å². The van der Waals surface area contributed by atoms with Gasteiger partial charge in [0.1, 0.15) is 0 Å². The lowest BCUT2D eigenvalue weighted by molar-refractivity contribution is 0.0979. The summed E-state index contributed by atoms with van der Waals surface area (Å²) in [4.78, 5) is 11.7. The number of unbranched alkanes of at least 4 members (excludes halogenated alkanes) is 2. The molecule has 1 aromatic rings. The van der Waals surface area contributed by atoms with Crippen LogP contribution in [-0.4, -0.2) is 18.2 Å². The van der Waals surface area contributed by atoms with Gasteiger partial charge < -0.3 is 4.74 Å². The highest BCUT2D eigenvalue weighted by Gasteiger charge is 2.09. The fourth-order valence-electron chi connectivity index (χ4n) is 1.54. The Morgan fingerprint density at radius 3 is 2.71 bits per heavy atom. The number of halogens is 2.